The van der Waals surface area contributed by atoms with Crippen molar-refractivity contribution in [1.29, 1.82) is 0 Å². The molecule has 1 atom stereocenters. The van der Waals surface area contributed by atoms with Gasteiger partial charge in [-0.2, -0.15) is 0 Å². The molecule has 2 N–H and O–H groups in total. The fourth-order valence-corrected chi connectivity index (χ4v) is 3.27. The van der Waals surface area contributed by atoms with Gasteiger partial charge >= 0.3 is 5.97 Å². The number of aromatic nitrogens is 1. The molecule has 0 aliphatic rings. The lowest BCUT2D eigenvalue weighted by Gasteiger charge is -2.13. The second-order valence-corrected chi connectivity index (χ2v) is 6.96. The number of oxazole rings is 1. The van der Waals surface area contributed by atoms with Gasteiger partial charge in [0.1, 0.15) is 23.1 Å². The van der Waals surface area contributed by atoms with Crippen molar-refractivity contribution >= 4 is 34.7 Å². The molecule has 0 fully saturated rings. The van der Waals surface area contributed by atoms with E-state index in [-0.39, 0.29) is 5.69 Å². The van der Waals surface area contributed by atoms with Crippen LogP contribution < -0.4 is 5.32 Å². The van der Waals surface area contributed by atoms with Crippen LogP contribution in [-0.4, -0.2) is 22.0 Å². The first-order chi connectivity index (χ1) is 15.4. The number of carboxylic acid groups (broad SMARTS) is 1. The molecule has 32 heavy (non-hydrogen) atoms. The Balaban J connectivity index is 1.49. The topological polar surface area (TPSA) is 92.4 Å². The Morgan fingerprint density at radius 3 is 2.47 bits per heavy atom. The van der Waals surface area contributed by atoms with Crippen LogP contribution in [0.2, 0.25) is 0 Å². The number of nitrogens with zero attached hydrogens (tertiary/aromatic N) is 1. The average Bonchev–Trinajstić information content (AvgIpc) is 3.23. The van der Waals surface area contributed by atoms with E-state index >= 15 is 0 Å². The Labute approximate surface area is 180 Å². The van der Waals surface area contributed by atoms with Gasteiger partial charge in [-0.1, -0.05) is 30.3 Å². The number of carbonyl (C=O) groups excluding carboxylic acids is 1. The minimum absolute atomic E-state index is 0.134. The van der Waals surface area contributed by atoms with E-state index in [0.29, 0.717) is 33.9 Å². The fourth-order valence-electron chi connectivity index (χ4n) is 3.27. The summed E-state index contributed by atoms with van der Waals surface area (Å²) in [6.07, 6.45) is 3.99. The zero-order chi connectivity index (χ0) is 22.7. The Morgan fingerprint density at radius 1 is 1.00 bits per heavy atom. The lowest BCUT2D eigenvalue weighted by molar-refractivity contribution is -0.137. The normalized spacial score (nSPS) is 12.2. The highest BCUT2D eigenvalue weighted by molar-refractivity contribution is 6.02. The van der Waals surface area contributed by atoms with E-state index in [2.05, 4.69) is 10.3 Å². The van der Waals surface area contributed by atoms with Gasteiger partial charge in [-0.05, 0) is 47.0 Å². The lowest BCUT2D eigenvalue weighted by atomic mass is 9.90. The summed E-state index contributed by atoms with van der Waals surface area (Å²) < 4.78 is 31.8. The highest BCUT2D eigenvalue weighted by Crippen LogP contribution is 2.28. The van der Waals surface area contributed by atoms with Crippen LogP contribution >= 0.6 is 0 Å². The van der Waals surface area contributed by atoms with Gasteiger partial charge in [-0.15, -0.1) is 0 Å². The van der Waals surface area contributed by atoms with Gasteiger partial charge in [0.2, 0.25) is 5.91 Å². The van der Waals surface area contributed by atoms with Gasteiger partial charge < -0.3 is 14.8 Å². The van der Waals surface area contributed by atoms with Crippen molar-refractivity contribution in [3.05, 3.63) is 101 Å². The lowest BCUT2D eigenvalue weighted by Crippen LogP contribution is -2.13. The molecule has 0 spiro atoms. The minimum Gasteiger partial charge on any atom is -0.481 e. The Hall–Kier alpha value is -4.33. The van der Waals surface area contributed by atoms with Gasteiger partial charge in [0.15, 0.2) is 12.0 Å². The number of fused-ring (bicyclic) bond motifs is 1. The van der Waals surface area contributed by atoms with E-state index in [9.17, 15) is 23.5 Å². The van der Waals surface area contributed by atoms with Crippen LogP contribution in [0.4, 0.5) is 14.5 Å². The molecule has 8 heteroatoms. The summed E-state index contributed by atoms with van der Waals surface area (Å²) in [7, 11) is 0. The standard InChI is InChI=1S/C24H16F2N2O4/c25-17-7-8-19(18(26)12-17)28-22(29)10-3-14-1-4-15(5-2-14)23(24(30)31)16-6-9-21-20(11-16)27-13-32-21/h1-13,23H,(H,28,29)(H,30,31). The van der Waals surface area contributed by atoms with E-state index in [1.807, 2.05) is 0 Å². The van der Waals surface area contributed by atoms with Crippen molar-refractivity contribution in [3.8, 4) is 0 Å². The molecule has 4 aromatic rings. The maximum atomic E-state index is 13.6. The largest absolute Gasteiger partial charge is 0.481 e. The summed E-state index contributed by atoms with van der Waals surface area (Å²) >= 11 is 0. The molecule has 0 radical (unpaired) electrons. The highest BCUT2D eigenvalue weighted by Gasteiger charge is 2.22. The van der Waals surface area contributed by atoms with E-state index in [0.717, 1.165) is 12.1 Å². The number of halogens is 2. The molecule has 1 amide bonds. The summed E-state index contributed by atoms with van der Waals surface area (Å²) in [5.41, 5.74) is 2.75. The van der Waals surface area contributed by atoms with E-state index < -0.39 is 29.4 Å². The molecule has 1 heterocycles. The summed E-state index contributed by atoms with van der Waals surface area (Å²) in [6.45, 7) is 0. The summed E-state index contributed by atoms with van der Waals surface area (Å²) in [6, 6.07) is 14.5. The van der Waals surface area contributed by atoms with Crippen LogP contribution in [0.3, 0.4) is 0 Å². The van der Waals surface area contributed by atoms with Gasteiger partial charge in [-0.3, -0.25) is 9.59 Å². The molecule has 4 rings (SSSR count). The maximum absolute atomic E-state index is 13.6. The Bertz CT molecular complexity index is 1330. The molecule has 0 bridgehead atoms. The minimum atomic E-state index is -1.02. The number of hydrogen-bond donors (Lipinski definition) is 2. The number of benzene rings is 3. The number of anilines is 1. The van der Waals surface area contributed by atoms with Crippen molar-refractivity contribution in [3.63, 3.8) is 0 Å². The van der Waals surface area contributed by atoms with Crippen LogP contribution in [-0.2, 0) is 9.59 Å². The van der Waals surface area contributed by atoms with Crippen molar-refractivity contribution < 1.29 is 27.9 Å². The molecule has 1 unspecified atom stereocenters. The van der Waals surface area contributed by atoms with Crippen LogP contribution in [0, 0.1) is 11.6 Å². The fraction of sp³-hybridized carbons (Fsp3) is 0.0417. The molecule has 3 aromatic carbocycles. The molecular weight excluding hydrogens is 418 g/mol. The van der Waals surface area contributed by atoms with Crippen LogP contribution in [0.15, 0.2) is 77.6 Å². The van der Waals surface area contributed by atoms with Crippen LogP contribution in [0.25, 0.3) is 17.2 Å². The monoisotopic (exact) mass is 434 g/mol. The van der Waals surface area contributed by atoms with E-state index in [1.165, 1.54) is 18.5 Å². The molecule has 0 aliphatic heterocycles. The number of rotatable bonds is 6. The van der Waals surface area contributed by atoms with E-state index in [4.69, 9.17) is 4.42 Å². The predicted molar refractivity (Wildman–Crippen MR) is 114 cm³/mol. The summed E-state index contributed by atoms with van der Waals surface area (Å²) in [4.78, 5) is 28.0. The van der Waals surface area contributed by atoms with Crippen molar-refractivity contribution in [2.24, 2.45) is 0 Å². The average molecular weight is 434 g/mol. The molecule has 0 saturated heterocycles. The number of amides is 1. The number of nitrogens with one attached hydrogen (secondary N) is 1. The quantitative estimate of drug-likeness (QED) is 0.418. The smallest absolute Gasteiger partial charge is 0.315 e. The Kier molecular flexibility index (Phi) is 5.76. The zero-order valence-corrected chi connectivity index (χ0v) is 16.5. The molecule has 0 saturated carbocycles. The van der Waals surface area contributed by atoms with Crippen LogP contribution in [0.5, 0.6) is 0 Å². The number of carboxylic acids is 1. The maximum Gasteiger partial charge on any atom is 0.315 e. The van der Waals surface area contributed by atoms with Gasteiger partial charge in [0.05, 0.1) is 5.69 Å². The predicted octanol–water partition coefficient (Wildman–Crippen LogP) is 4.97. The first kappa shape index (κ1) is 20.9. The third kappa shape index (κ3) is 4.54. The van der Waals surface area contributed by atoms with Crippen molar-refractivity contribution in [1.82, 2.24) is 4.98 Å². The van der Waals surface area contributed by atoms with Crippen LogP contribution in [0.1, 0.15) is 22.6 Å². The molecule has 0 aliphatic carbocycles. The third-order valence-electron chi connectivity index (χ3n) is 4.82. The second-order valence-electron chi connectivity index (χ2n) is 6.96. The first-order valence-corrected chi connectivity index (χ1v) is 9.51. The molecule has 160 valence electrons. The SMILES string of the molecule is O=C(C=Cc1ccc(C(C(=O)O)c2ccc3ocnc3c2)cc1)Nc1ccc(F)cc1F. The molecule has 1 aromatic heterocycles. The van der Waals surface area contributed by atoms with Crippen molar-refractivity contribution in [2.45, 2.75) is 5.92 Å². The molecular formula is C24H16F2N2O4. The van der Waals surface area contributed by atoms with Crippen molar-refractivity contribution in [2.75, 3.05) is 5.32 Å². The van der Waals surface area contributed by atoms with E-state index in [1.54, 1.807) is 42.5 Å². The third-order valence-corrected chi connectivity index (χ3v) is 4.82. The number of carbonyl (C=O) groups is 2. The van der Waals surface area contributed by atoms with Gasteiger partial charge in [0, 0.05) is 12.1 Å². The summed E-state index contributed by atoms with van der Waals surface area (Å²) in [5.74, 6) is -4.13. The second kappa shape index (κ2) is 8.81. The number of aliphatic carboxylic acids is 1. The highest BCUT2D eigenvalue weighted by atomic mass is 19.1. The molecule has 6 nitrogen and oxygen atoms in total. The first-order valence-electron chi connectivity index (χ1n) is 9.51. The van der Waals surface area contributed by atoms with Gasteiger partial charge in [0.25, 0.3) is 0 Å². The van der Waals surface area contributed by atoms with Gasteiger partial charge in [-0.25, -0.2) is 13.8 Å². The number of hydrogen-bond acceptors (Lipinski definition) is 4. The Morgan fingerprint density at radius 2 is 1.75 bits per heavy atom. The summed E-state index contributed by atoms with van der Waals surface area (Å²) in [5, 5.41) is 12.1. The zero-order valence-electron chi connectivity index (χ0n) is 16.5.